The molecule has 0 saturated carbocycles. The number of carbonyl (C=O) groups excluding carboxylic acids is 2. The Kier molecular flexibility index (Phi) is 8.35. The summed E-state index contributed by atoms with van der Waals surface area (Å²) in [6.45, 7) is 0. The third-order valence-corrected chi connectivity index (χ3v) is 8.04. The summed E-state index contributed by atoms with van der Waals surface area (Å²) >= 11 is 0. The lowest BCUT2D eigenvalue weighted by Gasteiger charge is -2.08. The van der Waals surface area contributed by atoms with Gasteiger partial charge in [0.25, 0.3) is 0 Å². The summed E-state index contributed by atoms with van der Waals surface area (Å²) in [5, 5.41) is 0. The molecule has 0 radical (unpaired) electrons. The first kappa shape index (κ1) is 24.5. The van der Waals surface area contributed by atoms with E-state index >= 15 is 0 Å². The third-order valence-electron chi connectivity index (χ3n) is 4.58. The molecule has 0 aliphatic heterocycles. The Bertz CT molecular complexity index is 1030. The molecule has 0 aliphatic rings. The van der Waals surface area contributed by atoms with E-state index in [0.29, 0.717) is 6.42 Å². The molecule has 2 aromatic carbocycles. The topological polar surface area (TPSA) is 121 Å². The monoisotopic (exact) mass is 468 g/mol. The van der Waals surface area contributed by atoms with Crippen molar-refractivity contribution in [2.45, 2.75) is 29.1 Å². The smallest absolute Gasteiger partial charge is 0.306 e. The van der Waals surface area contributed by atoms with E-state index in [1.807, 2.05) is 0 Å². The van der Waals surface area contributed by atoms with Crippen LogP contribution in [0.1, 0.15) is 24.0 Å². The van der Waals surface area contributed by atoms with Gasteiger partial charge in [0.2, 0.25) is 0 Å². The van der Waals surface area contributed by atoms with Gasteiger partial charge in [0.05, 0.1) is 48.4 Å². The lowest BCUT2D eigenvalue weighted by atomic mass is 10.1. The zero-order chi connectivity index (χ0) is 23.1. The van der Waals surface area contributed by atoms with Crippen molar-refractivity contribution in [1.29, 1.82) is 0 Å². The quantitative estimate of drug-likeness (QED) is 0.485. The maximum Gasteiger partial charge on any atom is 0.306 e. The molecule has 0 atom stereocenters. The van der Waals surface area contributed by atoms with Crippen LogP contribution >= 0.6 is 0 Å². The number of esters is 2. The van der Waals surface area contributed by atoms with Gasteiger partial charge in [-0.15, -0.1) is 0 Å². The summed E-state index contributed by atoms with van der Waals surface area (Å²) < 4.78 is 58.0. The number of carbonyl (C=O) groups is 2. The zero-order valence-corrected chi connectivity index (χ0v) is 18.9. The molecule has 0 bridgehead atoms. The zero-order valence-electron chi connectivity index (χ0n) is 17.2. The average molecular weight is 469 g/mol. The summed E-state index contributed by atoms with van der Waals surface area (Å²) in [4.78, 5) is 22.6. The fourth-order valence-corrected chi connectivity index (χ4v) is 5.18. The van der Waals surface area contributed by atoms with Crippen LogP contribution in [0.4, 0.5) is 0 Å². The van der Waals surface area contributed by atoms with E-state index in [1.165, 1.54) is 38.5 Å². The van der Waals surface area contributed by atoms with Crippen molar-refractivity contribution in [2.24, 2.45) is 0 Å². The molecule has 0 spiro atoms. The standard InChI is InChI=1S/C21H24O8S2/c1-28-20(22)11-13-30(24,25)18-7-3-16(4-8-18)15-17-5-9-19(10-6-17)31(26,27)14-12-21(23)29-2/h3-10H,11-15H2,1-2H3. The number of sulfone groups is 2. The van der Waals surface area contributed by atoms with Crippen LogP contribution < -0.4 is 0 Å². The fourth-order valence-electron chi connectivity index (χ4n) is 2.74. The molecule has 168 valence electrons. The Morgan fingerprint density at radius 1 is 0.645 bits per heavy atom. The molecule has 2 aromatic rings. The van der Waals surface area contributed by atoms with Crippen molar-refractivity contribution in [3.63, 3.8) is 0 Å². The Balaban J connectivity index is 2.04. The molecule has 0 aromatic heterocycles. The largest absolute Gasteiger partial charge is 0.469 e. The predicted octanol–water partition coefficient (Wildman–Crippen LogP) is 1.95. The number of rotatable bonds is 10. The first-order chi connectivity index (χ1) is 14.6. The van der Waals surface area contributed by atoms with Crippen LogP contribution in [0.3, 0.4) is 0 Å². The van der Waals surface area contributed by atoms with E-state index in [9.17, 15) is 26.4 Å². The number of hydrogen-bond donors (Lipinski definition) is 0. The van der Waals surface area contributed by atoms with Gasteiger partial charge in [-0.05, 0) is 41.8 Å². The molecule has 10 heteroatoms. The van der Waals surface area contributed by atoms with Gasteiger partial charge in [0.1, 0.15) is 0 Å². The van der Waals surface area contributed by atoms with Crippen LogP contribution in [-0.4, -0.2) is 54.5 Å². The Morgan fingerprint density at radius 3 is 1.26 bits per heavy atom. The minimum absolute atomic E-state index is 0.118. The highest BCUT2D eigenvalue weighted by Gasteiger charge is 2.18. The van der Waals surface area contributed by atoms with Crippen LogP contribution in [0.25, 0.3) is 0 Å². The Hall–Kier alpha value is -2.72. The summed E-state index contributed by atoms with van der Waals surface area (Å²) in [7, 11) is -4.78. The van der Waals surface area contributed by atoms with Gasteiger partial charge in [0, 0.05) is 0 Å². The fraction of sp³-hybridized carbons (Fsp3) is 0.333. The second kappa shape index (κ2) is 10.5. The van der Waals surface area contributed by atoms with Crippen LogP contribution in [0, 0.1) is 0 Å². The molecule has 2 rings (SSSR count). The number of ether oxygens (including phenoxy) is 2. The second-order valence-electron chi connectivity index (χ2n) is 6.75. The second-order valence-corrected chi connectivity index (χ2v) is 11.0. The number of benzene rings is 2. The van der Waals surface area contributed by atoms with Crippen molar-refractivity contribution < 1.29 is 35.9 Å². The van der Waals surface area contributed by atoms with Crippen molar-refractivity contribution in [3.05, 3.63) is 59.7 Å². The molecule has 0 heterocycles. The van der Waals surface area contributed by atoms with E-state index in [4.69, 9.17) is 0 Å². The highest BCUT2D eigenvalue weighted by Crippen LogP contribution is 2.18. The summed E-state index contributed by atoms with van der Waals surface area (Å²) in [6, 6.07) is 12.6. The molecule has 0 fully saturated rings. The van der Waals surface area contributed by atoms with Gasteiger partial charge in [-0.2, -0.15) is 0 Å². The number of methoxy groups -OCH3 is 2. The first-order valence-electron chi connectivity index (χ1n) is 9.34. The highest BCUT2D eigenvalue weighted by molar-refractivity contribution is 7.91. The van der Waals surface area contributed by atoms with Crippen molar-refractivity contribution in [1.82, 2.24) is 0 Å². The number of hydrogen-bond acceptors (Lipinski definition) is 8. The van der Waals surface area contributed by atoms with E-state index in [1.54, 1.807) is 24.3 Å². The summed E-state index contributed by atoms with van der Waals surface area (Å²) in [5.74, 6) is -1.83. The predicted molar refractivity (Wildman–Crippen MR) is 113 cm³/mol. The van der Waals surface area contributed by atoms with Crippen LogP contribution in [0.5, 0.6) is 0 Å². The lowest BCUT2D eigenvalue weighted by Crippen LogP contribution is -2.12. The van der Waals surface area contributed by atoms with E-state index < -0.39 is 31.6 Å². The van der Waals surface area contributed by atoms with Gasteiger partial charge in [0.15, 0.2) is 19.7 Å². The maximum atomic E-state index is 12.3. The van der Waals surface area contributed by atoms with Crippen molar-refractivity contribution >= 4 is 31.6 Å². The van der Waals surface area contributed by atoms with E-state index in [2.05, 4.69) is 9.47 Å². The molecule has 0 N–H and O–H groups in total. The van der Waals surface area contributed by atoms with Gasteiger partial charge < -0.3 is 9.47 Å². The molecule has 31 heavy (non-hydrogen) atoms. The van der Waals surface area contributed by atoms with Crippen LogP contribution in [0.2, 0.25) is 0 Å². The summed E-state index contributed by atoms with van der Waals surface area (Å²) in [5.41, 5.74) is 1.68. The molecule has 0 unspecified atom stereocenters. The minimum Gasteiger partial charge on any atom is -0.469 e. The van der Waals surface area contributed by atoms with Crippen LogP contribution in [0.15, 0.2) is 58.3 Å². The normalized spacial score (nSPS) is 11.7. The third kappa shape index (κ3) is 7.18. The molecule has 8 nitrogen and oxygen atoms in total. The van der Waals surface area contributed by atoms with Crippen molar-refractivity contribution in [2.75, 3.05) is 25.7 Å². The Morgan fingerprint density at radius 2 is 0.968 bits per heavy atom. The van der Waals surface area contributed by atoms with Gasteiger partial charge in [-0.3, -0.25) is 9.59 Å². The highest BCUT2D eigenvalue weighted by atomic mass is 32.2. The minimum atomic E-state index is -3.59. The molecular formula is C21H24O8S2. The average Bonchev–Trinajstić information content (AvgIpc) is 2.76. The Labute approximate surface area is 182 Å². The summed E-state index contributed by atoms with van der Waals surface area (Å²) in [6.07, 6.45) is 0.0515. The van der Waals surface area contributed by atoms with Gasteiger partial charge in [-0.1, -0.05) is 24.3 Å². The molecule has 0 amide bonds. The van der Waals surface area contributed by atoms with E-state index in [-0.39, 0.29) is 34.1 Å². The molecule has 0 aliphatic carbocycles. The SMILES string of the molecule is COC(=O)CCS(=O)(=O)c1ccc(Cc2ccc(S(=O)(=O)CCC(=O)OC)cc2)cc1. The first-order valence-corrected chi connectivity index (χ1v) is 12.6. The van der Waals surface area contributed by atoms with Crippen LogP contribution in [-0.2, 0) is 45.2 Å². The lowest BCUT2D eigenvalue weighted by molar-refractivity contribution is -0.141. The van der Waals surface area contributed by atoms with Crippen molar-refractivity contribution in [3.8, 4) is 0 Å². The van der Waals surface area contributed by atoms with Gasteiger partial charge >= 0.3 is 11.9 Å². The van der Waals surface area contributed by atoms with E-state index in [0.717, 1.165) is 11.1 Å². The molecule has 0 saturated heterocycles. The molecular weight excluding hydrogens is 444 g/mol. The maximum absolute atomic E-state index is 12.3. The van der Waals surface area contributed by atoms with Gasteiger partial charge in [-0.25, -0.2) is 16.8 Å².